The van der Waals surface area contributed by atoms with Crippen LogP contribution in [0.25, 0.3) is 5.76 Å². The Bertz CT molecular complexity index is 1470. The maximum absolute atomic E-state index is 13.5. The van der Waals surface area contributed by atoms with E-state index in [2.05, 4.69) is 18.8 Å². The van der Waals surface area contributed by atoms with Crippen molar-refractivity contribution < 1.29 is 33.7 Å². The number of aryl methyl sites for hydroxylation is 1. The molecule has 1 aromatic heterocycles. The van der Waals surface area contributed by atoms with Gasteiger partial charge in [-0.3, -0.25) is 14.5 Å². The number of anilines is 1. The molecule has 3 heterocycles. The third-order valence-corrected chi connectivity index (χ3v) is 7.68. The van der Waals surface area contributed by atoms with Gasteiger partial charge in [0.05, 0.1) is 24.4 Å². The van der Waals surface area contributed by atoms with Crippen molar-refractivity contribution in [2.45, 2.75) is 32.7 Å². The van der Waals surface area contributed by atoms with Gasteiger partial charge < -0.3 is 19.3 Å². The summed E-state index contributed by atoms with van der Waals surface area (Å²) in [5.74, 6) is -1.40. The molecular weight excluding hydrogens is 508 g/mol. The quantitative estimate of drug-likeness (QED) is 0.216. The molecule has 9 nitrogen and oxygen atoms in total. The van der Waals surface area contributed by atoms with E-state index in [0.717, 1.165) is 16.9 Å². The summed E-state index contributed by atoms with van der Waals surface area (Å²) in [5.41, 5.74) is 2.29. The molecule has 1 saturated heterocycles. The van der Waals surface area contributed by atoms with Gasteiger partial charge in [-0.05, 0) is 42.2 Å². The molecule has 38 heavy (non-hydrogen) atoms. The molecule has 2 aliphatic heterocycles. The van der Waals surface area contributed by atoms with Crippen LogP contribution in [0, 0.1) is 6.92 Å². The van der Waals surface area contributed by atoms with E-state index < -0.39 is 23.7 Å². The first-order valence-corrected chi connectivity index (χ1v) is 12.9. The Kier molecular flexibility index (Phi) is 6.66. The lowest BCUT2D eigenvalue weighted by molar-refractivity contribution is -0.132. The fourth-order valence-electron chi connectivity index (χ4n) is 4.52. The first-order valence-electron chi connectivity index (χ1n) is 12.1. The van der Waals surface area contributed by atoms with E-state index in [-0.39, 0.29) is 27.3 Å². The number of ether oxygens (including phenoxy) is 3. The molecule has 5 rings (SSSR count). The van der Waals surface area contributed by atoms with Crippen LogP contribution >= 0.6 is 11.3 Å². The highest BCUT2D eigenvalue weighted by molar-refractivity contribution is 7.17. The Morgan fingerprint density at radius 1 is 1.11 bits per heavy atom. The number of benzene rings is 2. The molecule has 0 saturated carbocycles. The Labute approximate surface area is 223 Å². The maximum Gasteiger partial charge on any atom is 0.350 e. The van der Waals surface area contributed by atoms with Crippen LogP contribution in [0.3, 0.4) is 0 Å². The van der Waals surface area contributed by atoms with Crippen molar-refractivity contribution in [2.24, 2.45) is 0 Å². The van der Waals surface area contributed by atoms with Gasteiger partial charge in [0.2, 0.25) is 0 Å². The van der Waals surface area contributed by atoms with E-state index >= 15 is 0 Å². The highest BCUT2D eigenvalue weighted by Crippen LogP contribution is 2.45. The van der Waals surface area contributed by atoms with Crippen molar-refractivity contribution >= 4 is 39.9 Å². The number of carbonyl (C=O) groups excluding carboxylic acids is 3. The second kappa shape index (κ2) is 9.94. The SMILES string of the molecule is COC(=O)c1sc(N2C(=O)C(=O)C(=C(O)c3ccc4c(c3)OCCO4)C2c2ccc(C(C)C)cc2)nc1C. The van der Waals surface area contributed by atoms with E-state index in [9.17, 15) is 19.5 Å². The number of Topliss-reactive ketones (excluding diaryl/α,β-unsaturated/α-hetero) is 1. The van der Waals surface area contributed by atoms with Gasteiger partial charge in [0, 0.05) is 5.56 Å². The minimum atomic E-state index is -0.972. The van der Waals surface area contributed by atoms with Crippen molar-refractivity contribution in [3.8, 4) is 11.5 Å². The Morgan fingerprint density at radius 3 is 2.45 bits per heavy atom. The second-order valence-corrected chi connectivity index (χ2v) is 10.2. The van der Waals surface area contributed by atoms with Gasteiger partial charge in [0.1, 0.15) is 23.9 Å². The molecule has 1 fully saturated rings. The van der Waals surface area contributed by atoms with E-state index in [4.69, 9.17) is 14.2 Å². The van der Waals surface area contributed by atoms with Gasteiger partial charge in [-0.1, -0.05) is 49.4 Å². The van der Waals surface area contributed by atoms with Crippen LogP contribution in [0.1, 0.15) is 57.9 Å². The Balaban J connectivity index is 1.68. The lowest BCUT2D eigenvalue weighted by atomic mass is 9.93. The summed E-state index contributed by atoms with van der Waals surface area (Å²) in [5, 5.41) is 11.6. The number of methoxy groups -OCH3 is 1. The predicted molar refractivity (Wildman–Crippen MR) is 141 cm³/mol. The average molecular weight is 535 g/mol. The topological polar surface area (TPSA) is 115 Å². The summed E-state index contributed by atoms with van der Waals surface area (Å²) in [6, 6.07) is 11.4. The van der Waals surface area contributed by atoms with E-state index in [1.54, 1.807) is 25.1 Å². The highest BCUT2D eigenvalue weighted by Gasteiger charge is 2.48. The lowest BCUT2D eigenvalue weighted by Gasteiger charge is -2.24. The van der Waals surface area contributed by atoms with Crippen molar-refractivity contribution in [1.29, 1.82) is 0 Å². The first-order chi connectivity index (χ1) is 18.2. The number of amides is 1. The molecule has 1 atom stereocenters. The second-order valence-electron chi connectivity index (χ2n) is 9.25. The summed E-state index contributed by atoms with van der Waals surface area (Å²) < 4.78 is 16.0. The summed E-state index contributed by atoms with van der Waals surface area (Å²) in [4.78, 5) is 45.0. The van der Waals surface area contributed by atoms with Crippen molar-refractivity contribution in [1.82, 2.24) is 4.98 Å². The van der Waals surface area contributed by atoms with E-state index in [0.29, 0.717) is 41.5 Å². The number of esters is 1. The van der Waals surface area contributed by atoms with Crippen LogP contribution < -0.4 is 14.4 Å². The van der Waals surface area contributed by atoms with E-state index in [1.807, 2.05) is 24.3 Å². The Morgan fingerprint density at radius 2 is 1.79 bits per heavy atom. The normalized spacial score (nSPS) is 18.2. The van der Waals surface area contributed by atoms with Crippen molar-refractivity contribution in [3.05, 3.63) is 75.3 Å². The van der Waals surface area contributed by atoms with Crippen LogP contribution in [0.4, 0.5) is 5.13 Å². The number of rotatable bonds is 5. The fraction of sp³-hybridized carbons (Fsp3) is 0.286. The molecule has 1 N–H and O–H groups in total. The van der Waals surface area contributed by atoms with Gasteiger partial charge >= 0.3 is 11.9 Å². The van der Waals surface area contributed by atoms with Crippen molar-refractivity contribution in [2.75, 3.05) is 25.2 Å². The van der Waals surface area contributed by atoms with Gasteiger partial charge in [0.15, 0.2) is 16.6 Å². The molecule has 10 heteroatoms. The third-order valence-electron chi connectivity index (χ3n) is 6.54. The summed E-state index contributed by atoms with van der Waals surface area (Å²) in [7, 11) is 1.26. The van der Waals surface area contributed by atoms with Crippen LogP contribution in [0.5, 0.6) is 11.5 Å². The highest BCUT2D eigenvalue weighted by atomic mass is 32.1. The summed E-state index contributed by atoms with van der Waals surface area (Å²) in [6.45, 7) is 6.53. The Hall–Kier alpha value is -4.18. The zero-order valence-electron chi connectivity index (χ0n) is 21.3. The van der Waals surface area contributed by atoms with Crippen molar-refractivity contribution in [3.63, 3.8) is 0 Å². The zero-order valence-corrected chi connectivity index (χ0v) is 22.1. The maximum atomic E-state index is 13.5. The third kappa shape index (κ3) is 4.30. The van der Waals surface area contributed by atoms with Crippen LogP contribution in [-0.4, -0.2) is 48.1 Å². The molecule has 0 aliphatic carbocycles. The van der Waals surface area contributed by atoms with Gasteiger partial charge in [-0.2, -0.15) is 0 Å². The number of aliphatic hydroxyl groups is 1. The minimum Gasteiger partial charge on any atom is -0.507 e. The van der Waals surface area contributed by atoms with Crippen LogP contribution in [0.15, 0.2) is 48.0 Å². The molecular formula is C28H26N2O7S. The first kappa shape index (κ1) is 25.5. The molecule has 0 radical (unpaired) electrons. The lowest BCUT2D eigenvalue weighted by Crippen LogP contribution is -2.29. The number of hydrogen-bond donors (Lipinski definition) is 1. The number of thiazole rings is 1. The zero-order chi connectivity index (χ0) is 27.1. The number of hydrogen-bond acceptors (Lipinski definition) is 9. The van der Waals surface area contributed by atoms with Crippen LogP contribution in [0.2, 0.25) is 0 Å². The van der Waals surface area contributed by atoms with Crippen LogP contribution in [-0.2, 0) is 14.3 Å². The minimum absolute atomic E-state index is 0.0866. The average Bonchev–Trinajstić information content (AvgIpc) is 3.43. The van der Waals surface area contributed by atoms with Gasteiger partial charge in [-0.15, -0.1) is 0 Å². The monoisotopic (exact) mass is 534 g/mol. The van der Waals surface area contributed by atoms with E-state index in [1.165, 1.54) is 12.0 Å². The molecule has 0 bridgehead atoms. The molecule has 0 spiro atoms. The molecule has 3 aromatic rings. The largest absolute Gasteiger partial charge is 0.507 e. The molecule has 1 unspecified atom stereocenters. The number of carbonyl (C=O) groups is 3. The number of aliphatic hydroxyl groups excluding tert-OH is 1. The molecule has 2 aromatic carbocycles. The number of nitrogens with zero attached hydrogens (tertiary/aromatic N) is 2. The summed E-state index contributed by atoms with van der Waals surface area (Å²) in [6.07, 6.45) is 0. The van der Waals surface area contributed by atoms with Gasteiger partial charge in [0.25, 0.3) is 5.78 Å². The standard InChI is InChI=1S/C28H26N2O7S/c1-14(2)16-5-7-17(8-6-16)22-21(23(31)18-9-10-19-20(13-18)37-12-11-36-19)24(32)26(33)30(22)28-29-15(3)25(38-28)27(34)35-4/h5-10,13-14,22,31H,11-12H2,1-4H3. The number of fused-ring (bicyclic) bond motifs is 1. The van der Waals surface area contributed by atoms with Gasteiger partial charge in [-0.25, -0.2) is 9.78 Å². The number of ketones is 1. The smallest absolute Gasteiger partial charge is 0.350 e. The molecule has 2 aliphatic rings. The predicted octanol–water partition coefficient (Wildman–Crippen LogP) is 4.76. The molecule has 1 amide bonds. The fourth-order valence-corrected chi connectivity index (χ4v) is 5.53. The summed E-state index contributed by atoms with van der Waals surface area (Å²) >= 11 is 0.956. The molecule has 196 valence electrons. The number of aromatic nitrogens is 1.